The van der Waals surface area contributed by atoms with Crippen LogP contribution in [0.15, 0.2) is 30.3 Å². The number of para-hydroxylation sites is 2. The lowest BCUT2D eigenvalue weighted by Crippen LogP contribution is -2.17. The molecule has 0 spiro atoms. The zero-order valence-electron chi connectivity index (χ0n) is 13.4. The van der Waals surface area contributed by atoms with Crippen LogP contribution in [0.3, 0.4) is 0 Å². The van der Waals surface area contributed by atoms with Crippen molar-refractivity contribution in [3.05, 3.63) is 41.7 Å². The Morgan fingerprint density at radius 3 is 2.74 bits per heavy atom. The van der Waals surface area contributed by atoms with Gasteiger partial charge in [0.15, 0.2) is 0 Å². The van der Waals surface area contributed by atoms with Crippen molar-refractivity contribution in [3.8, 4) is 5.75 Å². The smallest absolute Gasteiger partial charge is 0.274 e. The van der Waals surface area contributed by atoms with Gasteiger partial charge in [-0.05, 0) is 25.1 Å². The SMILES string of the molecule is COCCNc1nc(C)cc(C(=O)Nc2ccccc2OC)n1. The summed E-state index contributed by atoms with van der Waals surface area (Å²) >= 11 is 0. The molecule has 7 nitrogen and oxygen atoms in total. The molecule has 1 aromatic carbocycles. The molecule has 23 heavy (non-hydrogen) atoms. The lowest BCUT2D eigenvalue weighted by molar-refractivity contribution is 0.102. The molecule has 0 aliphatic heterocycles. The number of rotatable bonds is 7. The zero-order valence-corrected chi connectivity index (χ0v) is 13.4. The highest BCUT2D eigenvalue weighted by Gasteiger charge is 2.13. The molecular weight excluding hydrogens is 296 g/mol. The molecule has 2 rings (SSSR count). The molecular formula is C16H20N4O3. The topological polar surface area (TPSA) is 85.4 Å². The molecule has 0 aliphatic carbocycles. The fourth-order valence-corrected chi connectivity index (χ4v) is 1.96. The number of benzene rings is 1. The summed E-state index contributed by atoms with van der Waals surface area (Å²) in [6.07, 6.45) is 0. The Bertz CT molecular complexity index is 676. The number of hydrogen-bond donors (Lipinski definition) is 2. The van der Waals surface area contributed by atoms with E-state index in [4.69, 9.17) is 9.47 Å². The van der Waals surface area contributed by atoms with E-state index in [1.807, 2.05) is 19.1 Å². The highest BCUT2D eigenvalue weighted by Crippen LogP contribution is 2.23. The predicted molar refractivity (Wildman–Crippen MR) is 88.1 cm³/mol. The molecule has 0 fully saturated rings. The number of anilines is 2. The molecule has 2 aromatic rings. The van der Waals surface area contributed by atoms with Crippen LogP contribution in [0.5, 0.6) is 5.75 Å². The number of carbonyl (C=O) groups excluding carboxylic acids is 1. The minimum atomic E-state index is -0.324. The minimum Gasteiger partial charge on any atom is -0.495 e. The third-order valence-electron chi connectivity index (χ3n) is 3.03. The Labute approximate surface area is 135 Å². The van der Waals surface area contributed by atoms with Gasteiger partial charge in [-0.3, -0.25) is 4.79 Å². The molecule has 0 radical (unpaired) electrons. The number of carbonyl (C=O) groups is 1. The predicted octanol–water partition coefficient (Wildman–Crippen LogP) is 2.10. The van der Waals surface area contributed by atoms with Crippen LogP contribution in [0.4, 0.5) is 11.6 Å². The van der Waals surface area contributed by atoms with Gasteiger partial charge in [-0.1, -0.05) is 12.1 Å². The van der Waals surface area contributed by atoms with E-state index >= 15 is 0 Å². The average Bonchev–Trinajstić information content (AvgIpc) is 2.55. The molecule has 7 heteroatoms. The molecule has 1 heterocycles. The van der Waals surface area contributed by atoms with Crippen molar-refractivity contribution in [1.82, 2.24) is 9.97 Å². The van der Waals surface area contributed by atoms with Crippen LogP contribution in [0, 0.1) is 6.92 Å². The Kier molecular flexibility index (Phi) is 5.87. The first-order valence-electron chi connectivity index (χ1n) is 7.17. The molecule has 2 N–H and O–H groups in total. The van der Waals surface area contributed by atoms with Crippen LogP contribution in [0.2, 0.25) is 0 Å². The van der Waals surface area contributed by atoms with Crippen molar-refractivity contribution in [2.45, 2.75) is 6.92 Å². The van der Waals surface area contributed by atoms with Crippen LogP contribution in [0.25, 0.3) is 0 Å². The largest absolute Gasteiger partial charge is 0.495 e. The molecule has 1 amide bonds. The van der Waals surface area contributed by atoms with Gasteiger partial charge in [-0.2, -0.15) is 0 Å². The van der Waals surface area contributed by atoms with Crippen molar-refractivity contribution in [1.29, 1.82) is 0 Å². The standard InChI is InChI=1S/C16H20N4O3/c1-11-10-13(20-16(18-11)17-8-9-22-2)15(21)19-12-6-4-5-7-14(12)23-3/h4-7,10H,8-9H2,1-3H3,(H,19,21)(H,17,18,20). The van der Waals surface area contributed by atoms with Crippen LogP contribution < -0.4 is 15.4 Å². The summed E-state index contributed by atoms with van der Waals surface area (Å²) in [6, 6.07) is 8.83. The van der Waals surface area contributed by atoms with Gasteiger partial charge in [0.25, 0.3) is 5.91 Å². The van der Waals surface area contributed by atoms with E-state index < -0.39 is 0 Å². The van der Waals surface area contributed by atoms with E-state index in [-0.39, 0.29) is 11.6 Å². The second-order valence-corrected chi connectivity index (χ2v) is 4.79. The summed E-state index contributed by atoms with van der Waals surface area (Å²) in [5.74, 6) is 0.659. The van der Waals surface area contributed by atoms with Gasteiger partial charge in [0, 0.05) is 19.3 Å². The summed E-state index contributed by atoms with van der Waals surface area (Å²) in [5, 5.41) is 5.81. The molecule has 0 bridgehead atoms. The van der Waals surface area contributed by atoms with Crippen LogP contribution >= 0.6 is 0 Å². The number of methoxy groups -OCH3 is 2. The van der Waals surface area contributed by atoms with Gasteiger partial charge in [-0.15, -0.1) is 0 Å². The second-order valence-electron chi connectivity index (χ2n) is 4.79. The number of aryl methyl sites for hydroxylation is 1. The second kappa shape index (κ2) is 8.09. The van der Waals surface area contributed by atoms with E-state index in [9.17, 15) is 4.79 Å². The first kappa shape index (κ1) is 16.7. The Morgan fingerprint density at radius 1 is 1.22 bits per heavy atom. The fourth-order valence-electron chi connectivity index (χ4n) is 1.96. The molecule has 1 aromatic heterocycles. The van der Waals surface area contributed by atoms with E-state index in [2.05, 4.69) is 20.6 Å². The third kappa shape index (κ3) is 4.65. The lowest BCUT2D eigenvalue weighted by atomic mass is 10.2. The van der Waals surface area contributed by atoms with Gasteiger partial charge in [-0.25, -0.2) is 9.97 Å². The van der Waals surface area contributed by atoms with Crippen LogP contribution in [-0.4, -0.2) is 43.2 Å². The molecule has 0 unspecified atom stereocenters. The normalized spacial score (nSPS) is 10.2. The summed E-state index contributed by atoms with van der Waals surface area (Å²) in [5.41, 5.74) is 1.57. The van der Waals surface area contributed by atoms with E-state index in [0.717, 1.165) is 0 Å². The summed E-state index contributed by atoms with van der Waals surface area (Å²) in [4.78, 5) is 20.9. The fraction of sp³-hybridized carbons (Fsp3) is 0.312. The highest BCUT2D eigenvalue weighted by molar-refractivity contribution is 6.03. The van der Waals surface area contributed by atoms with Crippen molar-refractivity contribution in [2.24, 2.45) is 0 Å². The number of nitrogens with zero attached hydrogens (tertiary/aromatic N) is 2. The quantitative estimate of drug-likeness (QED) is 0.761. The summed E-state index contributed by atoms with van der Waals surface area (Å²) in [7, 11) is 3.17. The molecule has 122 valence electrons. The average molecular weight is 316 g/mol. The maximum atomic E-state index is 12.4. The van der Waals surface area contributed by atoms with Gasteiger partial charge in [0.2, 0.25) is 5.95 Å². The van der Waals surface area contributed by atoms with E-state index in [1.165, 1.54) is 0 Å². The van der Waals surface area contributed by atoms with Crippen LogP contribution in [-0.2, 0) is 4.74 Å². The van der Waals surface area contributed by atoms with E-state index in [1.54, 1.807) is 32.4 Å². The maximum absolute atomic E-state index is 12.4. The van der Waals surface area contributed by atoms with Crippen LogP contribution in [0.1, 0.15) is 16.2 Å². The summed E-state index contributed by atoms with van der Waals surface area (Å²) in [6.45, 7) is 2.90. The lowest BCUT2D eigenvalue weighted by Gasteiger charge is -2.11. The number of amides is 1. The number of ether oxygens (including phenoxy) is 2. The minimum absolute atomic E-state index is 0.281. The Morgan fingerprint density at radius 2 is 2.00 bits per heavy atom. The highest BCUT2D eigenvalue weighted by atomic mass is 16.5. The summed E-state index contributed by atoms with van der Waals surface area (Å²) < 4.78 is 10.2. The van der Waals surface area contributed by atoms with Gasteiger partial charge in [0.1, 0.15) is 11.4 Å². The Balaban J connectivity index is 2.15. The molecule has 0 atom stereocenters. The molecule has 0 aliphatic rings. The van der Waals surface area contributed by atoms with Crippen molar-refractivity contribution in [2.75, 3.05) is 38.0 Å². The Hall–Kier alpha value is -2.67. The van der Waals surface area contributed by atoms with Crippen molar-refractivity contribution in [3.63, 3.8) is 0 Å². The number of aromatic nitrogens is 2. The van der Waals surface area contributed by atoms with Gasteiger partial charge >= 0.3 is 0 Å². The van der Waals surface area contributed by atoms with Crippen molar-refractivity contribution >= 4 is 17.5 Å². The number of nitrogens with one attached hydrogen (secondary N) is 2. The third-order valence-corrected chi connectivity index (χ3v) is 3.03. The molecule has 0 saturated heterocycles. The maximum Gasteiger partial charge on any atom is 0.274 e. The monoisotopic (exact) mass is 316 g/mol. The zero-order chi connectivity index (χ0) is 16.7. The molecule has 0 saturated carbocycles. The van der Waals surface area contributed by atoms with Gasteiger partial charge in [0.05, 0.1) is 19.4 Å². The number of hydrogen-bond acceptors (Lipinski definition) is 6. The first-order chi connectivity index (χ1) is 11.1. The van der Waals surface area contributed by atoms with Gasteiger partial charge < -0.3 is 20.1 Å². The van der Waals surface area contributed by atoms with E-state index in [0.29, 0.717) is 36.2 Å². The van der Waals surface area contributed by atoms with Crippen molar-refractivity contribution < 1.29 is 14.3 Å². The first-order valence-corrected chi connectivity index (χ1v) is 7.17.